The van der Waals surface area contributed by atoms with Crippen LogP contribution in [0.4, 0.5) is 10.5 Å². The lowest BCUT2D eigenvalue weighted by molar-refractivity contribution is -0.385. The summed E-state index contributed by atoms with van der Waals surface area (Å²) < 4.78 is 10.2. The number of hydrogen-bond donors (Lipinski definition) is 1. The molecule has 0 unspecified atom stereocenters. The van der Waals surface area contributed by atoms with Crippen LogP contribution in [0.15, 0.2) is 18.2 Å². The van der Waals surface area contributed by atoms with Crippen molar-refractivity contribution in [1.82, 2.24) is 10.2 Å². The predicted octanol–water partition coefficient (Wildman–Crippen LogP) is 2.34. The molecule has 2 amide bonds. The molecule has 0 saturated carbocycles. The van der Waals surface area contributed by atoms with Crippen LogP contribution in [0.25, 0.3) is 0 Å². The monoisotopic (exact) mass is 365 g/mol. The van der Waals surface area contributed by atoms with E-state index in [1.54, 1.807) is 18.7 Å². The van der Waals surface area contributed by atoms with E-state index in [0.29, 0.717) is 39.1 Å². The van der Waals surface area contributed by atoms with Crippen LogP contribution in [0, 0.1) is 10.1 Å². The molecule has 2 rings (SSSR count). The molecule has 0 spiro atoms. The van der Waals surface area contributed by atoms with Crippen molar-refractivity contribution in [2.24, 2.45) is 0 Å². The molecule has 9 heteroatoms. The van der Waals surface area contributed by atoms with Crippen molar-refractivity contribution in [2.45, 2.75) is 32.7 Å². The van der Waals surface area contributed by atoms with E-state index in [0.717, 1.165) is 0 Å². The van der Waals surface area contributed by atoms with Gasteiger partial charge in [0.25, 0.3) is 5.91 Å². The van der Waals surface area contributed by atoms with E-state index in [2.05, 4.69) is 5.32 Å². The van der Waals surface area contributed by atoms with Crippen LogP contribution < -0.4 is 10.1 Å². The lowest BCUT2D eigenvalue weighted by Crippen LogP contribution is -2.46. The lowest BCUT2D eigenvalue weighted by Gasteiger charge is -2.31. The molecule has 0 atom stereocenters. The molecule has 1 aliphatic heterocycles. The Bertz CT molecular complexity index is 670. The van der Waals surface area contributed by atoms with Gasteiger partial charge in [-0.3, -0.25) is 14.9 Å². The van der Waals surface area contributed by atoms with Crippen LogP contribution in [0.3, 0.4) is 0 Å². The predicted molar refractivity (Wildman–Crippen MR) is 93.3 cm³/mol. The Morgan fingerprint density at radius 3 is 2.54 bits per heavy atom. The molecule has 1 heterocycles. The van der Waals surface area contributed by atoms with Crippen LogP contribution in [-0.2, 0) is 4.74 Å². The first-order valence-electron chi connectivity index (χ1n) is 8.60. The van der Waals surface area contributed by atoms with Gasteiger partial charge in [-0.15, -0.1) is 0 Å². The van der Waals surface area contributed by atoms with Gasteiger partial charge in [0.1, 0.15) is 0 Å². The number of rotatable bonds is 6. The number of ether oxygens (including phenoxy) is 2. The maximum Gasteiger partial charge on any atom is 0.409 e. The molecular weight excluding hydrogens is 342 g/mol. The summed E-state index contributed by atoms with van der Waals surface area (Å²) in [6.07, 6.45) is 0.854. The average molecular weight is 365 g/mol. The highest BCUT2D eigenvalue weighted by Gasteiger charge is 2.25. The van der Waals surface area contributed by atoms with Crippen molar-refractivity contribution in [2.75, 3.05) is 26.3 Å². The van der Waals surface area contributed by atoms with Crippen molar-refractivity contribution in [3.8, 4) is 5.75 Å². The van der Waals surface area contributed by atoms with Crippen LogP contribution in [0.5, 0.6) is 5.75 Å². The van der Waals surface area contributed by atoms with E-state index in [-0.39, 0.29) is 35.0 Å². The number of carbonyl (C=O) groups is 2. The number of nitrogens with one attached hydrogen (secondary N) is 1. The maximum absolute atomic E-state index is 12.4. The van der Waals surface area contributed by atoms with Gasteiger partial charge in [-0.25, -0.2) is 4.79 Å². The summed E-state index contributed by atoms with van der Waals surface area (Å²) in [4.78, 5) is 36.3. The number of carbonyl (C=O) groups excluding carboxylic acids is 2. The number of amides is 2. The first-order valence-corrected chi connectivity index (χ1v) is 8.60. The highest BCUT2D eigenvalue weighted by atomic mass is 16.6. The SMILES string of the molecule is CCOC(=O)N1CCC(NC(=O)c2ccc(OCC)c([N+](=O)[O-])c2)CC1. The first kappa shape index (κ1) is 19.5. The van der Waals surface area contributed by atoms with Crippen molar-refractivity contribution in [3.05, 3.63) is 33.9 Å². The Hall–Kier alpha value is -2.84. The summed E-state index contributed by atoms with van der Waals surface area (Å²) in [7, 11) is 0. The van der Waals surface area contributed by atoms with E-state index < -0.39 is 4.92 Å². The summed E-state index contributed by atoms with van der Waals surface area (Å²) in [5, 5.41) is 14.0. The normalized spacial score (nSPS) is 14.6. The van der Waals surface area contributed by atoms with Gasteiger partial charge in [-0.1, -0.05) is 0 Å². The van der Waals surface area contributed by atoms with Gasteiger partial charge >= 0.3 is 11.8 Å². The fourth-order valence-electron chi connectivity index (χ4n) is 2.77. The van der Waals surface area contributed by atoms with Crippen LogP contribution in [-0.4, -0.2) is 54.2 Å². The van der Waals surface area contributed by atoms with Gasteiger partial charge in [0.2, 0.25) is 0 Å². The van der Waals surface area contributed by atoms with Gasteiger partial charge < -0.3 is 19.7 Å². The molecule has 1 aromatic rings. The van der Waals surface area contributed by atoms with E-state index in [1.165, 1.54) is 18.2 Å². The summed E-state index contributed by atoms with van der Waals surface area (Å²) >= 11 is 0. The standard InChI is InChI=1S/C17H23N3O6/c1-3-25-15-6-5-12(11-14(15)20(23)24)16(21)18-13-7-9-19(10-8-13)17(22)26-4-2/h5-6,11,13H,3-4,7-10H2,1-2H3,(H,18,21). The van der Waals surface area contributed by atoms with Crippen LogP contribution in [0.1, 0.15) is 37.0 Å². The number of likely N-dealkylation sites (tertiary alicyclic amines) is 1. The summed E-state index contributed by atoms with van der Waals surface area (Å²) in [6, 6.07) is 4.05. The second-order valence-electron chi connectivity index (χ2n) is 5.81. The van der Waals surface area contributed by atoms with Crippen molar-refractivity contribution < 1.29 is 24.0 Å². The molecule has 0 aliphatic carbocycles. The first-order chi connectivity index (χ1) is 12.5. The van der Waals surface area contributed by atoms with Gasteiger partial charge in [0, 0.05) is 30.8 Å². The Kier molecular flexibility index (Phi) is 6.76. The van der Waals surface area contributed by atoms with Gasteiger partial charge in [0.05, 0.1) is 18.1 Å². The van der Waals surface area contributed by atoms with Crippen LogP contribution >= 0.6 is 0 Å². The average Bonchev–Trinajstić information content (AvgIpc) is 2.62. The van der Waals surface area contributed by atoms with E-state index in [4.69, 9.17) is 9.47 Å². The molecule has 9 nitrogen and oxygen atoms in total. The minimum absolute atomic E-state index is 0.0983. The number of nitro groups is 1. The van der Waals surface area contributed by atoms with E-state index >= 15 is 0 Å². The second-order valence-corrected chi connectivity index (χ2v) is 5.81. The quantitative estimate of drug-likeness (QED) is 0.612. The summed E-state index contributed by atoms with van der Waals surface area (Å²) in [5.41, 5.74) is -0.0374. The molecular formula is C17H23N3O6. The molecule has 1 fully saturated rings. The fraction of sp³-hybridized carbons (Fsp3) is 0.529. The topological polar surface area (TPSA) is 111 Å². The minimum Gasteiger partial charge on any atom is -0.487 e. The molecule has 1 N–H and O–H groups in total. The third-order valence-electron chi connectivity index (χ3n) is 4.07. The zero-order chi connectivity index (χ0) is 19.1. The largest absolute Gasteiger partial charge is 0.487 e. The molecule has 1 saturated heterocycles. The number of piperidine rings is 1. The highest BCUT2D eigenvalue weighted by molar-refractivity contribution is 5.95. The number of hydrogen-bond acceptors (Lipinski definition) is 6. The van der Waals surface area contributed by atoms with E-state index in [1.807, 2.05) is 0 Å². The zero-order valence-corrected chi connectivity index (χ0v) is 14.9. The third-order valence-corrected chi connectivity index (χ3v) is 4.07. The molecule has 1 aromatic carbocycles. The minimum atomic E-state index is -0.570. The molecule has 142 valence electrons. The molecule has 0 aromatic heterocycles. The number of benzene rings is 1. The van der Waals surface area contributed by atoms with Crippen molar-refractivity contribution in [3.63, 3.8) is 0 Å². The third kappa shape index (κ3) is 4.84. The zero-order valence-electron chi connectivity index (χ0n) is 14.9. The second kappa shape index (κ2) is 9.02. The molecule has 26 heavy (non-hydrogen) atoms. The summed E-state index contributed by atoms with van der Waals surface area (Å²) in [6.45, 7) is 5.09. The van der Waals surface area contributed by atoms with Crippen LogP contribution in [0.2, 0.25) is 0 Å². The van der Waals surface area contributed by atoms with E-state index in [9.17, 15) is 19.7 Å². The van der Waals surface area contributed by atoms with Crippen molar-refractivity contribution in [1.29, 1.82) is 0 Å². The Morgan fingerprint density at radius 1 is 1.27 bits per heavy atom. The fourth-order valence-corrected chi connectivity index (χ4v) is 2.77. The van der Waals surface area contributed by atoms with Gasteiger partial charge in [0.15, 0.2) is 5.75 Å². The smallest absolute Gasteiger partial charge is 0.409 e. The van der Waals surface area contributed by atoms with Gasteiger partial charge in [-0.05, 0) is 38.8 Å². The lowest BCUT2D eigenvalue weighted by atomic mass is 10.0. The molecule has 1 aliphatic rings. The molecule has 0 radical (unpaired) electrons. The Balaban J connectivity index is 1.97. The summed E-state index contributed by atoms with van der Waals surface area (Å²) in [5.74, 6) is -0.248. The maximum atomic E-state index is 12.4. The number of nitro benzene ring substituents is 1. The van der Waals surface area contributed by atoms with Gasteiger partial charge in [-0.2, -0.15) is 0 Å². The highest BCUT2D eigenvalue weighted by Crippen LogP contribution is 2.28. The van der Waals surface area contributed by atoms with Crippen molar-refractivity contribution >= 4 is 17.7 Å². The Labute approximate surface area is 151 Å². The molecule has 0 bridgehead atoms. The number of nitrogens with zero attached hydrogens (tertiary/aromatic N) is 2. The Morgan fingerprint density at radius 2 is 1.96 bits per heavy atom.